The molecule has 0 bridgehead atoms. The number of carbonyl (C=O) groups excluding carboxylic acids is 1. The monoisotopic (exact) mass is 584 g/mol. The second-order valence-electron chi connectivity index (χ2n) is 10.3. The van der Waals surface area contributed by atoms with Crippen molar-refractivity contribution in [2.24, 2.45) is 5.73 Å². The van der Waals surface area contributed by atoms with Crippen molar-refractivity contribution >= 4 is 29.1 Å². The van der Waals surface area contributed by atoms with Gasteiger partial charge in [0.2, 0.25) is 11.8 Å². The molecule has 1 aliphatic heterocycles. The van der Waals surface area contributed by atoms with Crippen molar-refractivity contribution in [3.05, 3.63) is 87.7 Å². The first-order valence-corrected chi connectivity index (χ1v) is 13.7. The van der Waals surface area contributed by atoms with E-state index in [2.05, 4.69) is 16.3 Å². The predicted molar refractivity (Wildman–Crippen MR) is 152 cm³/mol. The number of nitrogens with zero attached hydrogens (tertiary/aromatic N) is 2. The second-order valence-corrected chi connectivity index (χ2v) is 11.1. The molecule has 2 aromatic heterocycles. The van der Waals surface area contributed by atoms with Gasteiger partial charge in [-0.1, -0.05) is 53.5 Å². The summed E-state index contributed by atoms with van der Waals surface area (Å²) in [6.45, 7) is 1.80. The van der Waals surface area contributed by atoms with E-state index in [1.165, 1.54) is 0 Å². The lowest BCUT2D eigenvalue weighted by molar-refractivity contribution is -0.100. The number of alkyl halides is 2. The fraction of sp³-hybridized carbons (Fsp3) is 0.300. The number of pyridine rings is 1. The van der Waals surface area contributed by atoms with Gasteiger partial charge in [-0.05, 0) is 68.5 Å². The minimum atomic E-state index is -2.59. The van der Waals surface area contributed by atoms with Gasteiger partial charge in [0.05, 0.1) is 5.69 Å². The molecule has 10 heteroatoms. The molecule has 1 spiro atoms. The fourth-order valence-corrected chi connectivity index (χ4v) is 5.45. The zero-order chi connectivity index (χ0) is 28.5. The van der Waals surface area contributed by atoms with Gasteiger partial charge in [0, 0.05) is 45.3 Å². The van der Waals surface area contributed by atoms with Crippen molar-refractivity contribution in [2.45, 2.75) is 57.0 Å². The molecule has 0 radical (unpaired) electrons. The maximum Gasteiger partial charge on any atom is 0.269 e. The average molecular weight is 585 g/mol. The lowest BCUT2D eigenvalue weighted by Crippen LogP contribution is -2.45. The molecule has 6 rings (SSSR count). The molecule has 1 saturated carbocycles. The summed E-state index contributed by atoms with van der Waals surface area (Å²) in [7, 11) is 0. The van der Waals surface area contributed by atoms with Crippen molar-refractivity contribution in [3.8, 4) is 28.3 Å². The van der Waals surface area contributed by atoms with Crippen molar-refractivity contribution in [3.63, 3.8) is 0 Å². The summed E-state index contributed by atoms with van der Waals surface area (Å²) in [5.74, 6) is -2.56. The number of fused-ring (bicyclic) bond motifs is 1. The number of aromatic nitrogens is 3. The number of H-pyrrole nitrogens is 1. The Morgan fingerprint density at radius 1 is 0.975 bits per heavy atom. The van der Waals surface area contributed by atoms with Gasteiger partial charge in [0.15, 0.2) is 0 Å². The number of amides is 1. The van der Waals surface area contributed by atoms with Gasteiger partial charge in [-0.2, -0.15) is 5.10 Å². The van der Waals surface area contributed by atoms with Crippen LogP contribution in [0.4, 0.5) is 8.78 Å². The third-order valence-electron chi connectivity index (χ3n) is 7.36. The highest BCUT2D eigenvalue weighted by Crippen LogP contribution is 2.47. The summed E-state index contributed by atoms with van der Waals surface area (Å²) in [5.41, 5.74) is 9.90. The number of nitrogens with two attached hydrogens (primary N) is 1. The third-order valence-corrected chi connectivity index (χ3v) is 7.94. The summed E-state index contributed by atoms with van der Waals surface area (Å²) in [6, 6.07) is 18.9. The molecule has 3 heterocycles. The molecular weight excluding hydrogens is 557 g/mol. The Morgan fingerprint density at radius 3 is 2.27 bits per heavy atom. The SMILES string of the molecule is Cc1cc(C(N)=O)n[nH]1.FC1(F)CCC2(CCc3cc(-c4ccc(Cl)cc4)c(-c4ccccc4Cl)nc3O2)CC1. The number of rotatable bonds is 3. The van der Waals surface area contributed by atoms with Gasteiger partial charge in [-0.3, -0.25) is 9.89 Å². The lowest BCUT2D eigenvalue weighted by atomic mass is 9.77. The zero-order valence-electron chi connectivity index (χ0n) is 21.8. The molecule has 2 aromatic carbocycles. The Balaban J connectivity index is 0.000000306. The van der Waals surface area contributed by atoms with Crippen LogP contribution in [0.1, 0.15) is 53.8 Å². The number of benzene rings is 2. The molecular formula is C30H28Cl2F2N4O2. The maximum absolute atomic E-state index is 13.7. The zero-order valence-corrected chi connectivity index (χ0v) is 23.3. The van der Waals surface area contributed by atoms with Crippen LogP contribution in [0, 0.1) is 6.92 Å². The van der Waals surface area contributed by atoms with Gasteiger partial charge in [0.1, 0.15) is 11.3 Å². The number of carbonyl (C=O) groups is 1. The van der Waals surface area contributed by atoms with Crippen LogP contribution in [-0.2, 0) is 6.42 Å². The number of ether oxygens (including phenoxy) is 1. The van der Waals surface area contributed by atoms with Gasteiger partial charge in [0.25, 0.3) is 5.91 Å². The van der Waals surface area contributed by atoms with E-state index >= 15 is 0 Å². The van der Waals surface area contributed by atoms with Crippen LogP contribution in [0.5, 0.6) is 5.88 Å². The highest BCUT2D eigenvalue weighted by molar-refractivity contribution is 6.33. The number of primary amides is 1. The first kappa shape index (κ1) is 28.1. The smallest absolute Gasteiger partial charge is 0.269 e. The Morgan fingerprint density at radius 2 is 1.68 bits per heavy atom. The number of aromatic amines is 1. The minimum Gasteiger partial charge on any atom is -0.471 e. The van der Waals surface area contributed by atoms with E-state index in [0.29, 0.717) is 34.5 Å². The largest absolute Gasteiger partial charge is 0.471 e. The second kappa shape index (κ2) is 11.2. The van der Waals surface area contributed by atoms with E-state index in [-0.39, 0.29) is 18.5 Å². The highest BCUT2D eigenvalue weighted by atomic mass is 35.5. The molecule has 208 valence electrons. The van der Waals surface area contributed by atoms with Crippen molar-refractivity contribution < 1.29 is 18.3 Å². The molecule has 1 aliphatic carbocycles. The molecule has 0 saturated heterocycles. The molecule has 3 N–H and O–H groups in total. The van der Waals surface area contributed by atoms with Crippen LogP contribution < -0.4 is 10.5 Å². The number of aryl methyl sites for hydroxylation is 2. The Bertz CT molecular complexity index is 1530. The van der Waals surface area contributed by atoms with E-state index in [4.69, 9.17) is 38.7 Å². The van der Waals surface area contributed by atoms with Gasteiger partial charge in [-0.25, -0.2) is 13.8 Å². The molecule has 4 aromatic rings. The molecule has 6 nitrogen and oxygen atoms in total. The number of hydrogen-bond acceptors (Lipinski definition) is 4. The Hall–Kier alpha value is -3.49. The minimum absolute atomic E-state index is 0.136. The summed E-state index contributed by atoms with van der Waals surface area (Å²) < 4.78 is 33.8. The van der Waals surface area contributed by atoms with Crippen molar-refractivity contribution in [1.29, 1.82) is 0 Å². The van der Waals surface area contributed by atoms with E-state index < -0.39 is 17.4 Å². The first-order chi connectivity index (χ1) is 19.0. The topological polar surface area (TPSA) is 93.9 Å². The highest BCUT2D eigenvalue weighted by Gasteiger charge is 2.46. The maximum atomic E-state index is 13.7. The van der Waals surface area contributed by atoms with Crippen LogP contribution in [0.15, 0.2) is 60.7 Å². The summed E-state index contributed by atoms with van der Waals surface area (Å²) in [5, 5.41) is 7.47. The molecule has 1 fully saturated rings. The molecule has 0 unspecified atom stereocenters. The molecule has 40 heavy (non-hydrogen) atoms. The summed E-state index contributed by atoms with van der Waals surface area (Å²) in [6.07, 6.45) is 1.90. The molecule has 0 atom stereocenters. The van der Waals surface area contributed by atoms with E-state index in [0.717, 1.165) is 40.8 Å². The Kier molecular flexibility index (Phi) is 7.84. The van der Waals surface area contributed by atoms with E-state index in [1.54, 1.807) is 13.0 Å². The number of hydrogen-bond donors (Lipinski definition) is 2. The van der Waals surface area contributed by atoms with Crippen LogP contribution >= 0.6 is 23.2 Å². The van der Waals surface area contributed by atoms with Crippen molar-refractivity contribution in [2.75, 3.05) is 0 Å². The Labute approximate surface area is 240 Å². The fourth-order valence-electron chi connectivity index (χ4n) is 5.10. The molecule has 1 amide bonds. The summed E-state index contributed by atoms with van der Waals surface area (Å²) in [4.78, 5) is 15.3. The normalized spacial score (nSPS) is 16.8. The van der Waals surface area contributed by atoms with Crippen LogP contribution in [-0.4, -0.2) is 32.6 Å². The number of nitrogens with one attached hydrogen (secondary N) is 1. The van der Waals surface area contributed by atoms with E-state index in [1.807, 2.05) is 48.5 Å². The lowest BCUT2D eigenvalue weighted by Gasteiger charge is -2.43. The third kappa shape index (κ3) is 6.13. The van der Waals surface area contributed by atoms with Gasteiger partial charge < -0.3 is 10.5 Å². The van der Waals surface area contributed by atoms with Crippen LogP contribution in [0.3, 0.4) is 0 Å². The standard InChI is InChI=1S/C25H21Cl2F2NO.C5H7N3O/c26-18-7-5-16(6-8-18)20-15-17-9-10-24(11-13-25(28,29)14-12-24)31-23(17)30-22(20)19-3-1-2-4-21(19)27;1-3-2-4(5(6)9)8-7-3/h1-8,15H,9-14H2;2H,1H3,(H2,6,9)(H,7,8). The predicted octanol–water partition coefficient (Wildman–Crippen LogP) is 7.81. The van der Waals surface area contributed by atoms with E-state index in [9.17, 15) is 13.6 Å². The summed E-state index contributed by atoms with van der Waals surface area (Å²) >= 11 is 12.6. The quantitative estimate of drug-likeness (QED) is 0.257. The number of halogens is 4. The van der Waals surface area contributed by atoms with Gasteiger partial charge in [-0.15, -0.1) is 0 Å². The first-order valence-electron chi connectivity index (χ1n) is 13.0. The van der Waals surface area contributed by atoms with Crippen molar-refractivity contribution in [1.82, 2.24) is 15.2 Å². The van der Waals surface area contributed by atoms with Crippen LogP contribution in [0.25, 0.3) is 22.4 Å². The average Bonchev–Trinajstić information content (AvgIpc) is 3.38. The van der Waals surface area contributed by atoms with Crippen LogP contribution in [0.2, 0.25) is 10.0 Å². The molecule has 2 aliphatic rings. The van der Waals surface area contributed by atoms with Gasteiger partial charge >= 0.3 is 0 Å².